The molecule has 5 N–H and O–H groups in total. The van der Waals surface area contributed by atoms with E-state index in [0.29, 0.717) is 18.7 Å². The zero-order valence-electron chi connectivity index (χ0n) is 7.90. The highest BCUT2D eigenvalue weighted by Crippen LogP contribution is 2.02. The number of aliphatic imine (C=N–C) groups is 1. The predicted octanol–water partition coefficient (Wildman–Crippen LogP) is 0.718. The fourth-order valence-corrected chi connectivity index (χ4v) is 1.08. The number of nitrogens with two attached hydrogens (primary N) is 2. The van der Waals surface area contributed by atoms with Gasteiger partial charge in [-0.3, -0.25) is 4.99 Å². The lowest BCUT2D eigenvalue weighted by molar-refractivity contribution is 1.02. The van der Waals surface area contributed by atoms with Crippen molar-refractivity contribution in [2.45, 2.75) is 6.42 Å². The highest BCUT2D eigenvalue weighted by Gasteiger charge is 1.98. The Labute approximate surface area is 83.2 Å². The molecule has 4 nitrogen and oxygen atoms in total. The van der Waals surface area contributed by atoms with E-state index in [2.05, 4.69) is 4.99 Å². The first-order chi connectivity index (χ1) is 6.70. The van der Waals surface area contributed by atoms with Crippen LogP contribution in [0.4, 0.5) is 0 Å². The normalized spacial score (nSPS) is 9.43. The van der Waals surface area contributed by atoms with Gasteiger partial charge >= 0.3 is 0 Å². The second-order valence-electron chi connectivity index (χ2n) is 2.90. The van der Waals surface area contributed by atoms with E-state index in [-0.39, 0.29) is 5.96 Å². The van der Waals surface area contributed by atoms with Crippen LogP contribution in [-0.2, 0) is 0 Å². The molecule has 1 rings (SSSR count). The Morgan fingerprint density at radius 2 is 1.86 bits per heavy atom. The first-order valence-corrected chi connectivity index (χ1v) is 4.38. The molecular formula is C10H14N4. The lowest BCUT2D eigenvalue weighted by Gasteiger charge is -2.01. The van der Waals surface area contributed by atoms with Crippen molar-refractivity contribution >= 4 is 11.7 Å². The van der Waals surface area contributed by atoms with Crippen LogP contribution in [0.3, 0.4) is 0 Å². The monoisotopic (exact) mass is 190 g/mol. The molecule has 0 spiro atoms. The Morgan fingerprint density at radius 3 is 2.43 bits per heavy atom. The van der Waals surface area contributed by atoms with Crippen molar-refractivity contribution < 1.29 is 0 Å². The van der Waals surface area contributed by atoms with Crippen molar-refractivity contribution in [1.29, 1.82) is 5.41 Å². The minimum atomic E-state index is 0.0749. The lowest BCUT2D eigenvalue weighted by atomic mass is 10.1. The van der Waals surface area contributed by atoms with Crippen LogP contribution in [-0.4, -0.2) is 18.2 Å². The van der Waals surface area contributed by atoms with E-state index < -0.39 is 0 Å². The number of hydrogen-bond donors (Lipinski definition) is 3. The maximum atomic E-state index is 7.72. The van der Waals surface area contributed by atoms with Gasteiger partial charge in [-0.2, -0.15) is 0 Å². The van der Waals surface area contributed by atoms with Gasteiger partial charge < -0.3 is 16.9 Å². The first-order valence-electron chi connectivity index (χ1n) is 4.38. The summed E-state index contributed by atoms with van der Waals surface area (Å²) < 4.78 is 0. The van der Waals surface area contributed by atoms with Crippen LogP contribution in [0.15, 0.2) is 35.3 Å². The van der Waals surface area contributed by atoms with Crippen molar-refractivity contribution in [3.63, 3.8) is 0 Å². The number of guanidine groups is 1. The van der Waals surface area contributed by atoms with Crippen molar-refractivity contribution in [2.24, 2.45) is 16.5 Å². The molecule has 0 bridgehead atoms. The standard InChI is InChI=1S/C10H14N4/c11-9(6-7-14-10(12)13)8-4-2-1-3-5-8/h1-5,11H,6-7H2,(H4,12,13,14). The molecule has 0 unspecified atom stereocenters. The quantitative estimate of drug-likeness (QED) is 0.482. The number of nitrogens with one attached hydrogen (secondary N) is 1. The van der Waals surface area contributed by atoms with Crippen molar-refractivity contribution in [3.05, 3.63) is 35.9 Å². The molecule has 0 amide bonds. The van der Waals surface area contributed by atoms with Gasteiger partial charge in [0.2, 0.25) is 0 Å². The fourth-order valence-electron chi connectivity index (χ4n) is 1.08. The minimum absolute atomic E-state index is 0.0749. The summed E-state index contributed by atoms with van der Waals surface area (Å²) in [7, 11) is 0. The second-order valence-corrected chi connectivity index (χ2v) is 2.90. The summed E-state index contributed by atoms with van der Waals surface area (Å²) in [4.78, 5) is 3.82. The Balaban J connectivity index is 2.48. The topological polar surface area (TPSA) is 88.2 Å². The molecule has 1 aromatic rings. The van der Waals surface area contributed by atoms with E-state index in [0.717, 1.165) is 5.56 Å². The summed E-state index contributed by atoms with van der Waals surface area (Å²) in [5.41, 5.74) is 11.8. The zero-order valence-corrected chi connectivity index (χ0v) is 7.90. The molecule has 0 saturated heterocycles. The average Bonchev–Trinajstić information content (AvgIpc) is 2.18. The summed E-state index contributed by atoms with van der Waals surface area (Å²) in [5.74, 6) is 0.0749. The van der Waals surface area contributed by atoms with Gasteiger partial charge in [0.05, 0.1) is 0 Å². The molecule has 0 heterocycles. The third-order valence-corrected chi connectivity index (χ3v) is 1.78. The number of nitrogens with zero attached hydrogens (tertiary/aromatic N) is 1. The third kappa shape index (κ3) is 3.26. The third-order valence-electron chi connectivity index (χ3n) is 1.78. The largest absolute Gasteiger partial charge is 0.370 e. The summed E-state index contributed by atoms with van der Waals surface area (Å²) in [5, 5.41) is 7.72. The molecule has 1 aromatic carbocycles. The van der Waals surface area contributed by atoms with Gasteiger partial charge in [0, 0.05) is 18.7 Å². The van der Waals surface area contributed by atoms with Gasteiger partial charge in [-0.05, 0) is 5.56 Å². The highest BCUT2D eigenvalue weighted by atomic mass is 15.0. The Hall–Kier alpha value is -1.84. The molecular weight excluding hydrogens is 176 g/mol. The lowest BCUT2D eigenvalue weighted by Crippen LogP contribution is -2.23. The van der Waals surface area contributed by atoms with Crippen LogP contribution in [0.1, 0.15) is 12.0 Å². The van der Waals surface area contributed by atoms with Crippen molar-refractivity contribution in [3.8, 4) is 0 Å². The number of hydrogen-bond acceptors (Lipinski definition) is 2. The van der Waals surface area contributed by atoms with E-state index in [1.807, 2.05) is 30.3 Å². The smallest absolute Gasteiger partial charge is 0.185 e. The highest BCUT2D eigenvalue weighted by molar-refractivity contribution is 5.98. The average molecular weight is 190 g/mol. The van der Waals surface area contributed by atoms with Gasteiger partial charge in [0.15, 0.2) is 5.96 Å². The van der Waals surface area contributed by atoms with Crippen LogP contribution in [0.2, 0.25) is 0 Å². The van der Waals surface area contributed by atoms with E-state index in [9.17, 15) is 0 Å². The van der Waals surface area contributed by atoms with Crippen LogP contribution >= 0.6 is 0 Å². The van der Waals surface area contributed by atoms with Gasteiger partial charge in [0.1, 0.15) is 0 Å². The van der Waals surface area contributed by atoms with Crippen LogP contribution in [0.5, 0.6) is 0 Å². The second kappa shape index (κ2) is 5.01. The van der Waals surface area contributed by atoms with Gasteiger partial charge in [-0.15, -0.1) is 0 Å². The summed E-state index contributed by atoms with van der Waals surface area (Å²) in [6.07, 6.45) is 0.557. The number of rotatable bonds is 4. The van der Waals surface area contributed by atoms with Gasteiger partial charge in [0.25, 0.3) is 0 Å². The molecule has 0 fully saturated rings. The van der Waals surface area contributed by atoms with Crippen LogP contribution < -0.4 is 11.5 Å². The summed E-state index contributed by atoms with van der Waals surface area (Å²) in [6, 6.07) is 9.54. The van der Waals surface area contributed by atoms with Gasteiger partial charge in [-0.25, -0.2) is 0 Å². The molecule has 14 heavy (non-hydrogen) atoms. The van der Waals surface area contributed by atoms with Crippen LogP contribution in [0, 0.1) is 5.41 Å². The molecule has 0 aliphatic heterocycles. The molecule has 74 valence electrons. The first kappa shape index (κ1) is 10.2. The molecule has 0 aliphatic rings. The van der Waals surface area contributed by atoms with Gasteiger partial charge in [-0.1, -0.05) is 30.3 Å². The van der Waals surface area contributed by atoms with Crippen molar-refractivity contribution in [2.75, 3.05) is 6.54 Å². The van der Waals surface area contributed by atoms with E-state index in [1.54, 1.807) is 0 Å². The Kier molecular flexibility index (Phi) is 3.67. The molecule has 0 aromatic heterocycles. The summed E-state index contributed by atoms with van der Waals surface area (Å²) >= 11 is 0. The minimum Gasteiger partial charge on any atom is -0.370 e. The maximum Gasteiger partial charge on any atom is 0.185 e. The number of benzene rings is 1. The molecule has 0 aliphatic carbocycles. The summed E-state index contributed by atoms with van der Waals surface area (Å²) in [6.45, 7) is 0.468. The van der Waals surface area contributed by atoms with E-state index in [4.69, 9.17) is 16.9 Å². The van der Waals surface area contributed by atoms with E-state index in [1.165, 1.54) is 0 Å². The molecule has 0 saturated carbocycles. The van der Waals surface area contributed by atoms with Crippen molar-refractivity contribution in [1.82, 2.24) is 0 Å². The SMILES string of the molecule is N=C(CCN=C(N)N)c1ccccc1. The molecule has 4 heteroatoms. The molecule has 0 atom stereocenters. The van der Waals surface area contributed by atoms with E-state index >= 15 is 0 Å². The maximum absolute atomic E-state index is 7.72. The zero-order chi connectivity index (χ0) is 10.4. The predicted molar refractivity (Wildman–Crippen MR) is 58.6 cm³/mol. The molecule has 0 radical (unpaired) electrons. The Morgan fingerprint density at radius 1 is 1.21 bits per heavy atom. The fraction of sp³-hybridized carbons (Fsp3) is 0.200. The van der Waals surface area contributed by atoms with Crippen LogP contribution in [0.25, 0.3) is 0 Å². The Bertz CT molecular complexity index is 325.